The van der Waals surface area contributed by atoms with Gasteiger partial charge in [-0.3, -0.25) is 0 Å². The average molecular weight is 338 g/mol. The first-order valence-corrected chi connectivity index (χ1v) is 7.16. The number of rotatable bonds is 2. The Bertz CT molecular complexity index is 450. The molecule has 2 rings (SSSR count). The van der Waals surface area contributed by atoms with Crippen molar-refractivity contribution in [3.05, 3.63) is 29.3 Å². The lowest BCUT2D eigenvalue weighted by Gasteiger charge is -2.35. The highest BCUT2D eigenvalue weighted by atomic mass is 79.9. The molecule has 1 heterocycles. The first kappa shape index (κ1) is 14.7. The Morgan fingerprint density at radius 2 is 2.16 bits per heavy atom. The van der Waals surface area contributed by atoms with Gasteiger partial charge in [-0.15, -0.1) is 0 Å². The number of benzene rings is 1. The summed E-state index contributed by atoms with van der Waals surface area (Å²) in [5.74, 6) is 0. The topological polar surface area (TPSA) is 12.5 Å². The summed E-state index contributed by atoms with van der Waals surface area (Å²) in [4.78, 5) is 1.96. The summed E-state index contributed by atoms with van der Waals surface area (Å²) >= 11 is 3.10. The molecule has 1 saturated heterocycles. The van der Waals surface area contributed by atoms with E-state index in [1.807, 2.05) is 11.8 Å². The predicted molar refractivity (Wildman–Crippen MR) is 71.7 cm³/mol. The van der Waals surface area contributed by atoms with Gasteiger partial charge < -0.3 is 9.64 Å². The lowest BCUT2D eigenvalue weighted by molar-refractivity contribution is -0.138. The summed E-state index contributed by atoms with van der Waals surface area (Å²) in [6, 6.07) is 4.60. The van der Waals surface area contributed by atoms with E-state index in [1.165, 1.54) is 12.1 Å². The van der Waals surface area contributed by atoms with Gasteiger partial charge in [0.05, 0.1) is 18.8 Å². The van der Waals surface area contributed by atoms with Crippen molar-refractivity contribution < 1.29 is 17.9 Å². The Labute approximate surface area is 118 Å². The van der Waals surface area contributed by atoms with Crippen molar-refractivity contribution in [2.45, 2.75) is 24.5 Å². The molecular weight excluding hydrogens is 323 g/mol. The summed E-state index contributed by atoms with van der Waals surface area (Å²) in [7, 11) is 0. The molecule has 0 bridgehead atoms. The Kier molecular flexibility index (Phi) is 4.40. The largest absolute Gasteiger partial charge is 0.416 e. The number of morpholine rings is 1. The SMILES string of the molecule is CC1COCCN1c1ccc(CBr)c(C(F)(F)F)c1. The van der Waals surface area contributed by atoms with Crippen molar-refractivity contribution in [2.75, 3.05) is 24.7 Å². The van der Waals surface area contributed by atoms with Crippen LogP contribution in [0.2, 0.25) is 0 Å². The van der Waals surface area contributed by atoms with E-state index in [0.29, 0.717) is 25.4 Å². The number of alkyl halides is 4. The minimum Gasteiger partial charge on any atom is -0.377 e. The lowest BCUT2D eigenvalue weighted by Crippen LogP contribution is -2.43. The highest BCUT2D eigenvalue weighted by Gasteiger charge is 2.34. The standard InChI is InChI=1S/C13H15BrF3NO/c1-9-8-19-5-4-18(9)11-3-2-10(7-14)12(6-11)13(15,16)17/h2-3,6,9H,4-5,7-8H2,1H3. The second-order valence-electron chi connectivity index (χ2n) is 4.59. The van der Waals surface area contributed by atoms with Crippen molar-refractivity contribution in [2.24, 2.45) is 0 Å². The fraction of sp³-hybridized carbons (Fsp3) is 0.538. The highest BCUT2D eigenvalue weighted by molar-refractivity contribution is 9.08. The first-order valence-electron chi connectivity index (χ1n) is 6.04. The van der Waals surface area contributed by atoms with Gasteiger partial charge in [-0.1, -0.05) is 22.0 Å². The summed E-state index contributed by atoms with van der Waals surface area (Å²) in [5, 5.41) is 0.195. The maximum absolute atomic E-state index is 13.0. The molecule has 0 aliphatic carbocycles. The van der Waals surface area contributed by atoms with Crippen molar-refractivity contribution in [3.8, 4) is 0 Å². The zero-order valence-corrected chi connectivity index (χ0v) is 12.1. The van der Waals surface area contributed by atoms with Crippen molar-refractivity contribution >= 4 is 21.6 Å². The van der Waals surface area contributed by atoms with E-state index in [0.717, 1.165) is 0 Å². The second kappa shape index (κ2) is 5.71. The van der Waals surface area contributed by atoms with E-state index < -0.39 is 11.7 Å². The van der Waals surface area contributed by atoms with Crippen LogP contribution in [0.1, 0.15) is 18.1 Å². The Morgan fingerprint density at radius 3 is 2.74 bits per heavy atom. The zero-order valence-electron chi connectivity index (χ0n) is 10.5. The van der Waals surface area contributed by atoms with Crippen LogP contribution in [0, 0.1) is 0 Å². The monoisotopic (exact) mass is 337 g/mol. The number of ether oxygens (including phenoxy) is 1. The number of anilines is 1. The van der Waals surface area contributed by atoms with Crippen LogP contribution in [0.25, 0.3) is 0 Å². The molecule has 1 aromatic carbocycles. The van der Waals surface area contributed by atoms with E-state index in [-0.39, 0.29) is 16.9 Å². The van der Waals surface area contributed by atoms with Crippen molar-refractivity contribution in [3.63, 3.8) is 0 Å². The average Bonchev–Trinajstić information content (AvgIpc) is 2.37. The normalized spacial score (nSPS) is 20.7. The van der Waals surface area contributed by atoms with Gasteiger partial charge in [0.25, 0.3) is 0 Å². The molecule has 0 spiro atoms. The third-order valence-electron chi connectivity index (χ3n) is 3.24. The van der Waals surface area contributed by atoms with Crippen LogP contribution in [0.15, 0.2) is 18.2 Å². The molecule has 0 saturated carbocycles. The minimum absolute atomic E-state index is 0.0876. The smallest absolute Gasteiger partial charge is 0.377 e. The van der Waals surface area contributed by atoms with Crippen molar-refractivity contribution in [1.82, 2.24) is 0 Å². The Hall–Kier alpha value is -0.750. The van der Waals surface area contributed by atoms with E-state index in [1.54, 1.807) is 6.07 Å². The summed E-state index contributed by atoms with van der Waals surface area (Å²) in [5.41, 5.74) is 0.297. The van der Waals surface area contributed by atoms with E-state index in [4.69, 9.17) is 4.74 Å². The molecule has 19 heavy (non-hydrogen) atoms. The molecule has 6 heteroatoms. The van der Waals surface area contributed by atoms with Gasteiger partial charge in [-0.05, 0) is 24.6 Å². The van der Waals surface area contributed by atoms with Gasteiger partial charge in [-0.25, -0.2) is 0 Å². The second-order valence-corrected chi connectivity index (χ2v) is 5.15. The number of nitrogens with zero attached hydrogens (tertiary/aromatic N) is 1. The summed E-state index contributed by atoms with van der Waals surface area (Å²) in [6.45, 7) is 3.66. The summed E-state index contributed by atoms with van der Waals surface area (Å²) < 4.78 is 44.4. The van der Waals surface area contributed by atoms with Gasteiger partial charge in [0, 0.05) is 23.6 Å². The van der Waals surface area contributed by atoms with Gasteiger partial charge >= 0.3 is 6.18 Å². The van der Waals surface area contributed by atoms with Gasteiger partial charge in [0.1, 0.15) is 0 Å². The number of halogens is 4. The molecule has 1 fully saturated rings. The van der Waals surface area contributed by atoms with Gasteiger partial charge in [0.15, 0.2) is 0 Å². The quantitative estimate of drug-likeness (QED) is 0.760. The Morgan fingerprint density at radius 1 is 1.42 bits per heavy atom. The van der Waals surface area contributed by atoms with Gasteiger partial charge in [-0.2, -0.15) is 13.2 Å². The minimum atomic E-state index is -4.32. The zero-order chi connectivity index (χ0) is 14.0. The molecule has 0 aromatic heterocycles. The van der Waals surface area contributed by atoms with Crippen LogP contribution in [0.4, 0.5) is 18.9 Å². The molecule has 1 aromatic rings. The highest BCUT2D eigenvalue weighted by Crippen LogP contribution is 2.36. The number of hydrogen-bond donors (Lipinski definition) is 0. The van der Waals surface area contributed by atoms with Gasteiger partial charge in [0.2, 0.25) is 0 Å². The molecule has 1 aliphatic heterocycles. The number of hydrogen-bond acceptors (Lipinski definition) is 2. The van der Waals surface area contributed by atoms with E-state index in [2.05, 4.69) is 15.9 Å². The molecule has 106 valence electrons. The van der Waals surface area contributed by atoms with E-state index >= 15 is 0 Å². The third kappa shape index (κ3) is 3.23. The third-order valence-corrected chi connectivity index (χ3v) is 3.85. The van der Waals surface area contributed by atoms with Crippen LogP contribution < -0.4 is 4.90 Å². The predicted octanol–water partition coefficient (Wildman–Crippen LogP) is 3.83. The van der Waals surface area contributed by atoms with Crippen LogP contribution in [-0.2, 0) is 16.2 Å². The first-order chi connectivity index (χ1) is 8.93. The van der Waals surface area contributed by atoms with Crippen LogP contribution in [0.3, 0.4) is 0 Å². The lowest BCUT2D eigenvalue weighted by atomic mass is 10.1. The molecule has 2 nitrogen and oxygen atoms in total. The fourth-order valence-corrected chi connectivity index (χ4v) is 2.72. The Balaban J connectivity index is 2.37. The molecule has 1 unspecified atom stereocenters. The maximum Gasteiger partial charge on any atom is 0.416 e. The van der Waals surface area contributed by atoms with Crippen LogP contribution >= 0.6 is 15.9 Å². The molecule has 0 N–H and O–H groups in total. The van der Waals surface area contributed by atoms with Crippen LogP contribution in [0.5, 0.6) is 0 Å². The fourth-order valence-electron chi connectivity index (χ4n) is 2.23. The molecule has 0 amide bonds. The molecule has 1 aliphatic rings. The summed E-state index contributed by atoms with van der Waals surface area (Å²) in [6.07, 6.45) is -4.32. The molecule has 0 radical (unpaired) electrons. The van der Waals surface area contributed by atoms with Crippen molar-refractivity contribution in [1.29, 1.82) is 0 Å². The van der Waals surface area contributed by atoms with Crippen LogP contribution in [-0.4, -0.2) is 25.8 Å². The maximum atomic E-state index is 13.0. The van der Waals surface area contributed by atoms with E-state index in [9.17, 15) is 13.2 Å². The molecular formula is C13H15BrF3NO. The molecule has 1 atom stereocenters.